The van der Waals surface area contributed by atoms with Crippen LogP contribution in [0.15, 0.2) is 18.2 Å². The number of anilines is 1. The minimum absolute atomic E-state index is 0.622. The number of nitrogens with one attached hydrogen (secondary N) is 1. The fraction of sp³-hybridized carbons (Fsp3) is 0.500. The Bertz CT molecular complexity index is 532. The Labute approximate surface area is 106 Å². The monoisotopic (exact) mass is 246 g/mol. The van der Waals surface area contributed by atoms with Gasteiger partial charge in [-0.25, -0.2) is 4.98 Å². The molecule has 2 atom stereocenters. The zero-order valence-corrected chi connectivity index (χ0v) is 11.2. The highest BCUT2D eigenvalue weighted by atomic mass is 32.1. The number of thiazole rings is 1. The summed E-state index contributed by atoms with van der Waals surface area (Å²) in [4.78, 5) is 4.68. The first-order chi connectivity index (χ1) is 8.22. The minimum atomic E-state index is 0.622. The molecule has 90 valence electrons. The predicted molar refractivity (Wildman–Crippen MR) is 74.8 cm³/mol. The number of hydrogen-bond donors (Lipinski definition) is 1. The van der Waals surface area contributed by atoms with Crippen LogP contribution in [0.1, 0.15) is 31.7 Å². The lowest BCUT2D eigenvalue weighted by Gasteiger charge is -2.15. The SMILES string of the molecule is Cc1ccc2sc(NC3CCCC3C)nc2c1. The molecular formula is C14H18N2S. The molecule has 3 rings (SSSR count). The maximum Gasteiger partial charge on any atom is 0.184 e. The van der Waals surface area contributed by atoms with E-state index in [0.717, 1.165) is 16.6 Å². The summed E-state index contributed by atoms with van der Waals surface area (Å²) >= 11 is 1.77. The van der Waals surface area contributed by atoms with E-state index >= 15 is 0 Å². The van der Waals surface area contributed by atoms with Crippen molar-refractivity contribution in [2.75, 3.05) is 5.32 Å². The van der Waals surface area contributed by atoms with Crippen molar-refractivity contribution < 1.29 is 0 Å². The van der Waals surface area contributed by atoms with Crippen LogP contribution in [0.25, 0.3) is 10.2 Å². The molecule has 0 aliphatic heterocycles. The quantitative estimate of drug-likeness (QED) is 0.858. The van der Waals surface area contributed by atoms with Crippen LogP contribution in [0.3, 0.4) is 0 Å². The third-order valence-corrected chi connectivity index (χ3v) is 4.68. The molecule has 1 heterocycles. The van der Waals surface area contributed by atoms with Crippen molar-refractivity contribution in [1.29, 1.82) is 0 Å². The van der Waals surface area contributed by atoms with Crippen molar-refractivity contribution in [1.82, 2.24) is 4.98 Å². The maximum absolute atomic E-state index is 4.68. The van der Waals surface area contributed by atoms with E-state index in [-0.39, 0.29) is 0 Å². The van der Waals surface area contributed by atoms with Crippen LogP contribution in [-0.2, 0) is 0 Å². The van der Waals surface area contributed by atoms with Crippen molar-refractivity contribution in [2.24, 2.45) is 5.92 Å². The molecular weight excluding hydrogens is 228 g/mol. The first-order valence-electron chi connectivity index (χ1n) is 6.36. The van der Waals surface area contributed by atoms with Crippen molar-refractivity contribution in [3.63, 3.8) is 0 Å². The van der Waals surface area contributed by atoms with E-state index in [9.17, 15) is 0 Å². The van der Waals surface area contributed by atoms with Crippen LogP contribution in [-0.4, -0.2) is 11.0 Å². The standard InChI is InChI=1S/C14H18N2S/c1-9-6-7-13-12(8-9)16-14(17-13)15-11-5-3-4-10(11)2/h6-8,10-11H,3-5H2,1-2H3,(H,15,16). The number of fused-ring (bicyclic) bond motifs is 1. The van der Waals surface area contributed by atoms with Crippen molar-refractivity contribution >= 4 is 26.7 Å². The fourth-order valence-electron chi connectivity index (χ4n) is 2.62. The summed E-state index contributed by atoms with van der Waals surface area (Å²) in [5.74, 6) is 0.781. The molecule has 1 aliphatic rings. The molecule has 0 amide bonds. The van der Waals surface area contributed by atoms with Gasteiger partial charge in [0.1, 0.15) is 0 Å². The number of aryl methyl sites for hydroxylation is 1. The largest absolute Gasteiger partial charge is 0.358 e. The van der Waals surface area contributed by atoms with E-state index in [0.29, 0.717) is 6.04 Å². The van der Waals surface area contributed by atoms with Gasteiger partial charge in [-0.2, -0.15) is 0 Å². The highest BCUT2D eigenvalue weighted by Crippen LogP contribution is 2.32. The molecule has 2 unspecified atom stereocenters. The number of hydrogen-bond acceptors (Lipinski definition) is 3. The molecule has 2 nitrogen and oxygen atoms in total. The molecule has 1 aliphatic carbocycles. The Hall–Kier alpha value is -1.09. The molecule has 3 heteroatoms. The molecule has 2 aromatic rings. The van der Waals surface area contributed by atoms with Crippen LogP contribution in [0.4, 0.5) is 5.13 Å². The van der Waals surface area contributed by atoms with Crippen molar-refractivity contribution in [3.8, 4) is 0 Å². The van der Waals surface area contributed by atoms with Crippen molar-refractivity contribution in [3.05, 3.63) is 23.8 Å². The van der Waals surface area contributed by atoms with Gasteiger partial charge >= 0.3 is 0 Å². The second-order valence-electron chi connectivity index (χ2n) is 5.15. The van der Waals surface area contributed by atoms with Crippen LogP contribution >= 0.6 is 11.3 Å². The smallest absolute Gasteiger partial charge is 0.184 e. The lowest BCUT2D eigenvalue weighted by molar-refractivity contribution is 0.556. The summed E-state index contributed by atoms with van der Waals surface area (Å²) < 4.78 is 1.28. The van der Waals surface area contributed by atoms with Gasteiger partial charge in [0.25, 0.3) is 0 Å². The summed E-state index contributed by atoms with van der Waals surface area (Å²) in [5.41, 5.74) is 2.41. The third-order valence-electron chi connectivity index (χ3n) is 3.71. The van der Waals surface area contributed by atoms with Gasteiger partial charge in [0.15, 0.2) is 5.13 Å². The lowest BCUT2D eigenvalue weighted by Crippen LogP contribution is -2.21. The zero-order chi connectivity index (χ0) is 11.8. The van der Waals surface area contributed by atoms with Crippen LogP contribution in [0.2, 0.25) is 0 Å². The number of rotatable bonds is 2. The summed E-state index contributed by atoms with van der Waals surface area (Å²) in [6.07, 6.45) is 3.99. The second kappa shape index (κ2) is 4.30. The van der Waals surface area contributed by atoms with Gasteiger partial charge in [0.05, 0.1) is 10.2 Å². The average molecular weight is 246 g/mol. The molecule has 1 fully saturated rings. The highest BCUT2D eigenvalue weighted by Gasteiger charge is 2.23. The number of aromatic nitrogens is 1. The van der Waals surface area contributed by atoms with Gasteiger partial charge in [-0.15, -0.1) is 0 Å². The Morgan fingerprint density at radius 1 is 1.35 bits per heavy atom. The summed E-state index contributed by atoms with van der Waals surface area (Å²) in [7, 11) is 0. The number of nitrogens with zero attached hydrogens (tertiary/aromatic N) is 1. The van der Waals surface area contributed by atoms with E-state index < -0.39 is 0 Å². The van der Waals surface area contributed by atoms with E-state index in [1.165, 1.54) is 29.5 Å². The molecule has 17 heavy (non-hydrogen) atoms. The first-order valence-corrected chi connectivity index (χ1v) is 7.18. The van der Waals surface area contributed by atoms with Crippen molar-refractivity contribution in [2.45, 2.75) is 39.2 Å². The van der Waals surface area contributed by atoms with Crippen LogP contribution < -0.4 is 5.32 Å². The maximum atomic E-state index is 4.68. The molecule has 0 spiro atoms. The third kappa shape index (κ3) is 2.16. The molecule has 1 aromatic carbocycles. The van der Waals surface area contributed by atoms with Gasteiger partial charge in [0.2, 0.25) is 0 Å². The van der Waals surface area contributed by atoms with Gasteiger partial charge in [-0.05, 0) is 43.4 Å². The highest BCUT2D eigenvalue weighted by molar-refractivity contribution is 7.22. The Morgan fingerprint density at radius 3 is 3.00 bits per heavy atom. The molecule has 1 saturated carbocycles. The van der Waals surface area contributed by atoms with E-state index in [2.05, 4.69) is 42.3 Å². The van der Waals surface area contributed by atoms with E-state index in [1.54, 1.807) is 11.3 Å². The summed E-state index contributed by atoms with van der Waals surface area (Å²) in [6, 6.07) is 7.11. The van der Waals surface area contributed by atoms with Gasteiger partial charge in [-0.1, -0.05) is 30.7 Å². The molecule has 1 aromatic heterocycles. The Balaban J connectivity index is 1.85. The molecule has 1 N–H and O–H groups in total. The summed E-state index contributed by atoms with van der Waals surface area (Å²) in [5, 5.41) is 4.69. The normalized spacial score (nSPS) is 24.4. The first kappa shape index (κ1) is 11.0. The number of benzene rings is 1. The topological polar surface area (TPSA) is 24.9 Å². The molecule has 0 saturated heterocycles. The van der Waals surface area contributed by atoms with Gasteiger partial charge < -0.3 is 5.32 Å². The van der Waals surface area contributed by atoms with Gasteiger partial charge in [0, 0.05) is 6.04 Å². The summed E-state index contributed by atoms with van der Waals surface area (Å²) in [6.45, 7) is 4.45. The Kier molecular flexibility index (Phi) is 2.79. The van der Waals surface area contributed by atoms with Crippen LogP contribution in [0.5, 0.6) is 0 Å². The van der Waals surface area contributed by atoms with E-state index in [1.807, 2.05) is 0 Å². The molecule has 0 radical (unpaired) electrons. The molecule has 0 bridgehead atoms. The average Bonchev–Trinajstić information content (AvgIpc) is 2.85. The van der Waals surface area contributed by atoms with Gasteiger partial charge in [-0.3, -0.25) is 0 Å². The lowest BCUT2D eigenvalue weighted by atomic mass is 10.1. The minimum Gasteiger partial charge on any atom is -0.358 e. The van der Waals surface area contributed by atoms with Crippen LogP contribution in [0, 0.1) is 12.8 Å². The van der Waals surface area contributed by atoms with E-state index in [4.69, 9.17) is 0 Å². The predicted octanol–water partition coefficient (Wildman–Crippen LogP) is 4.21. The zero-order valence-electron chi connectivity index (χ0n) is 10.4. The second-order valence-corrected chi connectivity index (χ2v) is 6.18. The Morgan fingerprint density at radius 2 is 2.24 bits per heavy atom. The fourth-order valence-corrected chi connectivity index (χ4v) is 3.53.